The summed E-state index contributed by atoms with van der Waals surface area (Å²) in [6, 6.07) is 9.99. The minimum Gasteiger partial charge on any atom is -0.496 e. The molecule has 0 radical (unpaired) electrons. The molecule has 1 nitrogen and oxygen atoms in total. The molecule has 0 amide bonds. The number of alkyl halides is 2. The van der Waals surface area contributed by atoms with Gasteiger partial charge in [-0.3, -0.25) is 0 Å². The van der Waals surface area contributed by atoms with Crippen LogP contribution in [0.25, 0.3) is 10.8 Å². The van der Waals surface area contributed by atoms with Gasteiger partial charge in [0.05, 0.1) is 7.11 Å². The van der Waals surface area contributed by atoms with Crippen LogP contribution in [0.15, 0.2) is 36.4 Å². The Morgan fingerprint density at radius 1 is 1.00 bits per heavy atom. The first-order valence-corrected chi connectivity index (χ1v) is 4.58. The summed E-state index contributed by atoms with van der Waals surface area (Å²) in [4.78, 5) is 0. The summed E-state index contributed by atoms with van der Waals surface area (Å²) in [5.41, 5.74) is 0.0476. The number of methoxy groups -OCH3 is 1. The fourth-order valence-electron chi connectivity index (χ4n) is 1.67. The summed E-state index contributed by atoms with van der Waals surface area (Å²) in [5.74, 6) is 0.620. The van der Waals surface area contributed by atoms with E-state index in [-0.39, 0.29) is 5.56 Å². The van der Waals surface area contributed by atoms with Crippen molar-refractivity contribution in [3.8, 4) is 5.75 Å². The van der Waals surface area contributed by atoms with Crippen molar-refractivity contribution in [3.05, 3.63) is 42.0 Å². The quantitative estimate of drug-likeness (QED) is 0.729. The van der Waals surface area contributed by atoms with Crippen LogP contribution >= 0.6 is 0 Å². The molecule has 2 aromatic rings. The smallest absolute Gasteiger partial charge is 0.264 e. The van der Waals surface area contributed by atoms with Crippen molar-refractivity contribution in [3.63, 3.8) is 0 Å². The van der Waals surface area contributed by atoms with Crippen LogP contribution in [-0.4, -0.2) is 7.11 Å². The molecule has 0 unspecified atom stereocenters. The van der Waals surface area contributed by atoms with E-state index in [0.717, 1.165) is 5.39 Å². The van der Waals surface area contributed by atoms with Gasteiger partial charge in [-0.15, -0.1) is 0 Å². The molecule has 0 heterocycles. The van der Waals surface area contributed by atoms with Crippen molar-refractivity contribution < 1.29 is 13.5 Å². The van der Waals surface area contributed by atoms with E-state index < -0.39 is 6.43 Å². The maximum Gasteiger partial charge on any atom is 0.264 e. The largest absolute Gasteiger partial charge is 0.496 e. The van der Waals surface area contributed by atoms with Crippen molar-refractivity contribution in [2.75, 3.05) is 7.11 Å². The number of ether oxygens (including phenoxy) is 1. The van der Waals surface area contributed by atoms with Crippen LogP contribution in [0.4, 0.5) is 8.78 Å². The lowest BCUT2D eigenvalue weighted by Crippen LogP contribution is -1.89. The third kappa shape index (κ3) is 1.65. The first kappa shape index (κ1) is 9.90. The molecule has 0 saturated carbocycles. The van der Waals surface area contributed by atoms with E-state index in [9.17, 15) is 8.78 Å². The van der Waals surface area contributed by atoms with Crippen molar-refractivity contribution in [2.24, 2.45) is 0 Å². The van der Waals surface area contributed by atoms with Gasteiger partial charge in [0.1, 0.15) is 5.75 Å². The predicted molar refractivity (Wildman–Crippen MR) is 55.5 cm³/mol. The summed E-state index contributed by atoms with van der Waals surface area (Å²) in [6.45, 7) is 0. The normalized spacial score (nSPS) is 10.9. The highest BCUT2D eigenvalue weighted by atomic mass is 19.3. The standard InChI is InChI=1S/C12H10F2O/c1-15-11-7-3-4-8-9(11)5-2-6-10(8)12(13)14/h2-7,12H,1H3. The highest BCUT2D eigenvalue weighted by molar-refractivity contribution is 5.91. The molecule has 0 aliphatic heterocycles. The first-order valence-electron chi connectivity index (χ1n) is 4.58. The molecule has 78 valence electrons. The van der Waals surface area contributed by atoms with Crippen LogP contribution < -0.4 is 4.74 Å². The van der Waals surface area contributed by atoms with Gasteiger partial charge in [0, 0.05) is 10.9 Å². The highest BCUT2D eigenvalue weighted by Crippen LogP contribution is 2.32. The van der Waals surface area contributed by atoms with Crippen LogP contribution in [0.5, 0.6) is 5.75 Å². The molecule has 0 fully saturated rings. The van der Waals surface area contributed by atoms with E-state index in [1.807, 2.05) is 0 Å². The summed E-state index contributed by atoms with van der Waals surface area (Å²) < 4.78 is 30.5. The van der Waals surface area contributed by atoms with Crippen LogP contribution in [0.3, 0.4) is 0 Å². The second-order valence-electron chi connectivity index (χ2n) is 3.20. The minimum atomic E-state index is -2.46. The molecule has 0 N–H and O–H groups in total. The van der Waals surface area contributed by atoms with Crippen LogP contribution in [0.2, 0.25) is 0 Å². The Morgan fingerprint density at radius 2 is 1.67 bits per heavy atom. The molecular formula is C12H10F2O. The van der Waals surface area contributed by atoms with E-state index in [1.165, 1.54) is 13.2 Å². The summed E-state index contributed by atoms with van der Waals surface area (Å²) in [7, 11) is 1.53. The van der Waals surface area contributed by atoms with E-state index >= 15 is 0 Å². The Morgan fingerprint density at radius 3 is 2.33 bits per heavy atom. The summed E-state index contributed by atoms with van der Waals surface area (Å²) in [5, 5.41) is 1.27. The maximum absolute atomic E-state index is 12.7. The molecule has 2 aromatic carbocycles. The zero-order chi connectivity index (χ0) is 10.8. The van der Waals surface area contributed by atoms with Crippen LogP contribution in [0, 0.1) is 0 Å². The molecule has 0 atom stereocenters. The molecular weight excluding hydrogens is 198 g/mol. The molecule has 0 saturated heterocycles. The van der Waals surface area contributed by atoms with Gasteiger partial charge in [-0.05, 0) is 11.5 Å². The van der Waals surface area contributed by atoms with Gasteiger partial charge in [-0.2, -0.15) is 0 Å². The second kappa shape index (κ2) is 3.85. The molecule has 0 bridgehead atoms. The molecule has 0 aromatic heterocycles. The SMILES string of the molecule is COc1cccc2c(C(F)F)cccc12. The minimum absolute atomic E-state index is 0.0476. The van der Waals surface area contributed by atoms with Crippen molar-refractivity contribution in [2.45, 2.75) is 6.43 Å². The molecule has 0 aliphatic rings. The van der Waals surface area contributed by atoms with Gasteiger partial charge in [0.2, 0.25) is 0 Å². The average Bonchev–Trinajstić information content (AvgIpc) is 2.27. The van der Waals surface area contributed by atoms with Gasteiger partial charge in [-0.1, -0.05) is 30.3 Å². The van der Waals surface area contributed by atoms with Gasteiger partial charge >= 0.3 is 0 Å². The van der Waals surface area contributed by atoms with Crippen molar-refractivity contribution in [1.82, 2.24) is 0 Å². The zero-order valence-corrected chi connectivity index (χ0v) is 8.21. The fourth-order valence-corrected chi connectivity index (χ4v) is 1.67. The maximum atomic E-state index is 12.7. The lowest BCUT2D eigenvalue weighted by molar-refractivity contribution is 0.153. The average molecular weight is 208 g/mol. The second-order valence-corrected chi connectivity index (χ2v) is 3.20. The third-order valence-electron chi connectivity index (χ3n) is 2.37. The van der Waals surface area contributed by atoms with E-state index in [4.69, 9.17) is 4.74 Å². The molecule has 2 rings (SSSR count). The third-order valence-corrected chi connectivity index (χ3v) is 2.37. The Hall–Kier alpha value is -1.64. The first-order chi connectivity index (χ1) is 7.24. The molecule has 15 heavy (non-hydrogen) atoms. The highest BCUT2D eigenvalue weighted by Gasteiger charge is 2.12. The van der Waals surface area contributed by atoms with Crippen molar-refractivity contribution in [1.29, 1.82) is 0 Å². The number of rotatable bonds is 2. The van der Waals surface area contributed by atoms with Gasteiger partial charge < -0.3 is 4.74 Å². The number of hydrogen-bond donors (Lipinski definition) is 0. The topological polar surface area (TPSA) is 9.23 Å². The summed E-state index contributed by atoms with van der Waals surface area (Å²) in [6.07, 6.45) is -2.46. The van der Waals surface area contributed by atoms with Crippen LogP contribution in [-0.2, 0) is 0 Å². The van der Waals surface area contributed by atoms with Gasteiger partial charge in [0.25, 0.3) is 6.43 Å². The van der Waals surface area contributed by atoms with E-state index in [2.05, 4.69) is 0 Å². The lowest BCUT2D eigenvalue weighted by atomic mass is 10.0. The molecule has 0 aliphatic carbocycles. The molecule has 3 heteroatoms. The van der Waals surface area contributed by atoms with Gasteiger partial charge in [0.15, 0.2) is 0 Å². The Kier molecular flexibility index (Phi) is 2.54. The Bertz CT molecular complexity index is 480. The number of halogens is 2. The predicted octanol–water partition coefficient (Wildman–Crippen LogP) is 3.79. The monoisotopic (exact) mass is 208 g/mol. The Balaban J connectivity index is 2.76. The van der Waals surface area contributed by atoms with Crippen molar-refractivity contribution >= 4 is 10.8 Å². The van der Waals surface area contributed by atoms with Crippen LogP contribution in [0.1, 0.15) is 12.0 Å². The lowest BCUT2D eigenvalue weighted by Gasteiger charge is -2.08. The fraction of sp³-hybridized carbons (Fsp3) is 0.167. The van der Waals surface area contributed by atoms with E-state index in [0.29, 0.717) is 11.1 Å². The number of fused-ring (bicyclic) bond motifs is 1. The molecule has 0 spiro atoms. The number of hydrogen-bond acceptors (Lipinski definition) is 1. The summed E-state index contributed by atoms with van der Waals surface area (Å²) >= 11 is 0. The number of benzene rings is 2. The van der Waals surface area contributed by atoms with E-state index in [1.54, 1.807) is 30.3 Å². The zero-order valence-electron chi connectivity index (χ0n) is 8.21. The van der Waals surface area contributed by atoms with Gasteiger partial charge in [-0.25, -0.2) is 8.78 Å². The Labute approximate surface area is 86.3 Å².